The number of anilines is 3. The summed E-state index contributed by atoms with van der Waals surface area (Å²) in [5, 5.41) is 15.5. The van der Waals surface area contributed by atoms with Crippen LogP contribution in [0.1, 0.15) is 19.8 Å². The fraction of sp³-hybridized carbons (Fsp3) is 0.429. The summed E-state index contributed by atoms with van der Waals surface area (Å²) in [4.78, 5) is 12.2. The second-order valence-electron chi connectivity index (χ2n) is 5.81. The molecule has 0 spiro atoms. The van der Waals surface area contributed by atoms with E-state index in [4.69, 9.17) is 0 Å². The Morgan fingerprint density at radius 1 is 1.36 bits per heavy atom. The highest BCUT2D eigenvalue weighted by molar-refractivity contribution is 5.88. The van der Waals surface area contributed by atoms with Gasteiger partial charge in [-0.05, 0) is 31.7 Å². The SMILES string of the molecule is C[C@H](Nc1nc(Nc2cn(C)nn2)nc2[nH]ccc12)C1CC1. The van der Waals surface area contributed by atoms with E-state index in [0.717, 1.165) is 22.8 Å². The van der Waals surface area contributed by atoms with Crippen molar-refractivity contribution in [1.82, 2.24) is 29.9 Å². The van der Waals surface area contributed by atoms with Gasteiger partial charge in [0.1, 0.15) is 11.5 Å². The summed E-state index contributed by atoms with van der Waals surface area (Å²) >= 11 is 0. The number of aromatic amines is 1. The van der Waals surface area contributed by atoms with E-state index in [0.29, 0.717) is 17.8 Å². The molecule has 22 heavy (non-hydrogen) atoms. The number of hydrogen-bond acceptors (Lipinski definition) is 6. The zero-order valence-electron chi connectivity index (χ0n) is 12.5. The smallest absolute Gasteiger partial charge is 0.232 e. The van der Waals surface area contributed by atoms with Gasteiger partial charge in [0, 0.05) is 19.3 Å². The van der Waals surface area contributed by atoms with Crippen molar-refractivity contribution < 1.29 is 0 Å². The van der Waals surface area contributed by atoms with Crippen LogP contribution in [0, 0.1) is 5.92 Å². The normalized spacial score (nSPS) is 15.9. The minimum Gasteiger partial charge on any atom is -0.367 e. The Kier molecular flexibility index (Phi) is 2.95. The van der Waals surface area contributed by atoms with Crippen molar-refractivity contribution in [3.05, 3.63) is 18.5 Å². The molecule has 1 fully saturated rings. The molecule has 0 unspecified atom stereocenters. The molecule has 8 heteroatoms. The summed E-state index contributed by atoms with van der Waals surface area (Å²) in [6.45, 7) is 2.20. The molecule has 0 aliphatic heterocycles. The van der Waals surface area contributed by atoms with Crippen molar-refractivity contribution in [3.63, 3.8) is 0 Å². The quantitative estimate of drug-likeness (QED) is 0.667. The standard InChI is InChI=1S/C14H18N8/c1-8(9-3-4-9)16-13-10-5-6-15-12(10)18-14(19-13)17-11-7-22(2)21-20-11/h5-9H,3-4H2,1-2H3,(H3,15,16,17,18,19)/t8-/m0/s1. The van der Waals surface area contributed by atoms with E-state index in [-0.39, 0.29) is 0 Å². The van der Waals surface area contributed by atoms with Crippen molar-refractivity contribution in [3.8, 4) is 0 Å². The van der Waals surface area contributed by atoms with Gasteiger partial charge in [-0.1, -0.05) is 5.21 Å². The molecule has 1 aliphatic rings. The van der Waals surface area contributed by atoms with Gasteiger partial charge >= 0.3 is 0 Å². The first-order valence-corrected chi connectivity index (χ1v) is 7.44. The monoisotopic (exact) mass is 298 g/mol. The van der Waals surface area contributed by atoms with Crippen molar-refractivity contribution in [1.29, 1.82) is 0 Å². The number of nitrogens with zero attached hydrogens (tertiary/aromatic N) is 5. The highest BCUT2D eigenvalue weighted by atomic mass is 15.4. The number of aromatic nitrogens is 6. The van der Waals surface area contributed by atoms with Crippen LogP contribution in [0.25, 0.3) is 11.0 Å². The molecule has 0 amide bonds. The lowest BCUT2D eigenvalue weighted by molar-refractivity contribution is 0.691. The molecule has 1 aliphatic carbocycles. The summed E-state index contributed by atoms with van der Waals surface area (Å²) in [7, 11) is 1.82. The van der Waals surface area contributed by atoms with E-state index in [1.165, 1.54) is 12.8 Å². The van der Waals surface area contributed by atoms with Crippen LogP contribution in [0.2, 0.25) is 0 Å². The first kappa shape index (κ1) is 13.1. The third-order valence-electron chi connectivity index (χ3n) is 3.95. The van der Waals surface area contributed by atoms with E-state index < -0.39 is 0 Å². The number of aryl methyl sites for hydroxylation is 1. The molecule has 1 atom stereocenters. The lowest BCUT2D eigenvalue weighted by atomic mass is 10.2. The molecule has 3 aromatic heterocycles. The zero-order chi connectivity index (χ0) is 15.1. The fourth-order valence-corrected chi connectivity index (χ4v) is 2.56. The second-order valence-corrected chi connectivity index (χ2v) is 5.81. The van der Waals surface area contributed by atoms with Gasteiger partial charge in [-0.2, -0.15) is 9.97 Å². The number of hydrogen-bond donors (Lipinski definition) is 3. The molecule has 8 nitrogen and oxygen atoms in total. The fourth-order valence-electron chi connectivity index (χ4n) is 2.56. The molecule has 4 rings (SSSR count). The number of fused-ring (bicyclic) bond motifs is 1. The molecule has 0 radical (unpaired) electrons. The summed E-state index contributed by atoms with van der Waals surface area (Å²) in [5.74, 6) is 2.72. The predicted molar refractivity (Wildman–Crippen MR) is 84.0 cm³/mol. The third-order valence-corrected chi connectivity index (χ3v) is 3.95. The molecule has 1 saturated carbocycles. The van der Waals surface area contributed by atoms with Gasteiger partial charge in [-0.3, -0.25) is 4.68 Å². The van der Waals surface area contributed by atoms with E-state index in [2.05, 4.69) is 42.8 Å². The second kappa shape index (κ2) is 4.97. The van der Waals surface area contributed by atoms with Crippen LogP contribution in [0.3, 0.4) is 0 Å². The molecule has 114 valence electrons. The average Bonchev–Trinajstić information content (AvgIpc) is 3.11. The van der Waals surface area contributed by atoms with Crippen LogP contribution < -0.4 is 10.6 Å². The van der Waals surface area contributed by atoms with Gasteiger partial charge in [-0.25, -0.2) is 0 Å². The Labute approximate surface area is 127 Å². The molecule has 3 heterocycles. The molecular weight excluding hydrogens is 280 g/mol. The van der Waals surface area contributed by atoms with Gasteiger partial charge in [0.15, 0.2) is 5.82 Å². The van der Waals surface area contributed by atoms with E-state index >= 15 is 0 Å². The van der Waals surface area contributed by atoms with E-state index in [9.17, 15) is 0 Å². The summed E-state index contributed by atoms with van der Waals surface area (Å²) in [6, 6.07) is 2.40. The minimum atomic E-state index is 0.414. The largest absolute Gasteiger partial charge is 0.367 e. The lowest BCUT2D eigenvalue weighted by Crippen LogP contribution is -2.18. The van der Waals surface area contributed by atoms with Crippen LogP contribution in [0.15, 0.2) is 18.5 Å². The Morgan fingerprint density at radius 2 is 2.23 bits per heavy atom. The number of nitrogens with one attached hydrogen (secondary N) is 3. The molecule has 0 aromatic carbocycles. The van der Waals surface area contributed by atoms with Gasteiger partial charge in [0.2, 0.25) is 5.95 Å². The first-order chi connectivity index (χ1) is 10.7. The molecular formula is C14H18N8. The zero-order valence-corrected chi connectivity index (χ0v) is 12.5. The van der Waals surface area contributed by atoms with Crippen LogP contribution >= 0.6 is 0 Å². The van der Waals surface area contributed by atoms with Gasteiger partial charge in [0.05, 0.1) is 11.6 Å². The summed E-state index contributed by atoms with van der Waals surface area (Å²) in [6.07, 6.45) is 6.24. The minimum absolute atomic E-state index is 0.414. The topological polar surface area (TPSA) is 96.3 Å². The molecule has 0 saturated heterocycles. The van der Waals surface area contributed by atoms with Crippen LogP contribution in [-0.4, -0.2) is 36.0 Å². The summed E-state index contributed by atoms with van der Waals surface area (Å²) in [5.41, 5.74) is 0.798. The average molecular weight is 298 g/mol. The van der Waals surface area contributed by atoms with Crippen LogP contribution in [-0.2, 0) is 7.05 Å². The van der Waals surface area contributed by atoms with Crippen molar-refractivity contribution in [2.75, 3.05) is 10.6 Å². The van der Waals surface area contributed by atoms with Crippen LogP contribution in [0.4, 0.5) is 17.6 Å². The van der Waals surface area contributed by atoms with Crippen LogP contribution in [0.5, 0.6) is 0 Å². The summed E-state index contributed by atoms with van der Waals surface area (Å²) < 4.78 is 1.63. The first-order valence-electron chi connectivity index (χ1n) is 7.44. The highest BCUT2D eigenvalue weighted by Gasteiger charge is 2.28. The highest BCUT2D eigenvalue weighted by Crippen LogP contribution is 2.34. The Morgan fingerprint density at radius 3 is 2.95 bits per heavy atom. The number of rotatable bonds is 5. The Bertz CT molecular complexity index is 800. The van der Waals surface area contributed by atoms with E-state index in [1.54, 1.807) is 10.9 Å². The van der Waals surface area contributed by atoms with Crippen molar-refractivity contribution in [2.45, 2.75) is 25.8 Å². The van der Waals surface area contributed by atoms with Crippen molar-refractivity contribution >= 4 is 28.6 Å². The van der Waals surface area contributed by atoms with Gasteiger partial charge in [-0.15, -0.1) is 5.10 Å². The predicted octanol–water partition coefficient (Wildman–Crippen LogP) is 2.04. The third kappa shape index (κ3) is 2.47. The molecule has 3 N–H and O–H groups in total. The van der Waals surface area contributed by atoms with Crippen molar-refractivity contribution in [2.24, 2.45) is 13.0 Å². The lowest BCUT2D eigenvalue weighted by Gasteiger charge is -2.15. The molecule has 3 aromatic rings. The Balaban J connectivity index is 1.66. The number of H-pyrrole nitrogens is 1. The molecule has 0 bridgehead atoms. The Hall–Kier alpha value is -2.64. The maximum atomic E-state index is 4.60. The maximum Gasteiger partial charge on any atom is 0.232 e. The van der Waals surface area contributed by atoms with Gasteiger partial charge < -0.3 is 15.6 Å². The maximum absolute atomic E-state index is 4.60. The van der Waals surface area contributed by atoms with E-state index in [1.807, 2.05) is 19.3 Å². The van der Waals surface area contributed by atoms with Gasteiger partial charge in [0.25, 0.3) is 0 Å².